The van der Waals surface area contributed by atoms with Crippen LogP contribution in [0.2, 0.25) is 0 Å². The summed E-state index contributed by atoms with van der Waals surface area (Å²) < 4.78 is 24.1. The van der Waals surface area contributed by atoms with Gasteiger partial charge in [-0.1, -0.05) is 0 Å². The van der Waals surface area contributed by atoms with Crippen LogP contribution < -0.4 is 9.47 Å². The van der Waals surface area contributed by atoms with Gasteiger partial charge in [0.2, 0.25) is 0 Å². The molecule has 0 saturated heterocycles. The highest BCUT2D eigenvalue weighted by Gasteiger charge is 2.14. The summed E-state index contributed by atoms with van der Waals surface area (Å²) in [5.41, 5.74) is -0.00462. The number of nitrogens with zero attached hydrogens (tertiary/aromatic N) is 2. The van der Waals surface area contributed by atoms with Crippen LogP contribution in [-0.2, 0) is 0 Å². The number of hydrogen-bond donors (Lipinski definition) is 0. The van der Waals surface area contributed by atoms with Gasteiger partial charge in [0.15, 0.2) is 23.1 Å². The van der Waals surface area contributed by atoms with Gasteiger partial charge in [-0.05, 0) is 24.3 Å². The van der Waals surface area contributed by atoms with Crippen LogP contribution in [0.15, 0.2) is 36.4 Å². The maximum absolute atomic E-state index is 13.7. The Morgan fingerprint density at radius 3 is 2.48 bits per heavy atom. The monoisotopic (exact) mass is 288 g/mol. The second-order valence-electron chi connectivity index (χ2n) is 3.95. The number of nitro benzene ring substituents is 1. The molecule has 0 spiro atoms. The van der Waals surface area contributed by atoms with E-state index in [4.69, 9.17) is 14.7 Å². The van der Waals surface area contributed by atoms with Crippen molar-refractivity contribution in [2.45, 2.75) is 0 Å². The third-order valence-electron chi connectivity index (χ3n) is 2.64. The van der Waals surface area contributed by atoms with E-state index < -0.39 is 10.7 Å². The summed E-state index contributed by atoms with van der Waals surface area (Å²) in [6.07, 6.45) is 0. The van der Waals surface area contributed by atoms with E-state index in [1.807, 2.05) is 0 Å². The third kappa shape index (κ3) is 3.06. The molecule has 0 aliphatic rings. The molecule has 0 fully saturated rings. The van der Waals surface area contributed by atoms with Crippen molar-refractivity contribution in [2.75, 3.05) is 7.11 Å². The van der Waals surface area contributed by atoms with Gasteiger partial charge in [-0.3, -0.25) is 10.1 Å². The molecule has 0 N–H and O–H groups in total. The van der Waals surface area contributed by atoms with Crippen LogP contribution in [0, 0.1) is 27.3 Å². The van der Waals surface area contributed by atoms with Crippen LogP contribution in [0.4, 0.5) is 10.1 Å². The lowest BCUT2D eigenvalue weighted by Crippen LogP contribution is -1.95. The van der Waals surface area contributed by atoms with Crippen molar-refractivity contribution in [3.63, 3.8) is 0 Å². The Morgan fingerprint density at radius 2 is 1.90 bits per heavy atom. The number of benzene rings is 2. The van der Waals surface area contributed by atoms with Crippen molar-refractivity contribution >= 4 is 5.69 Å². The second kappa shape index (κ2) is 5.88. The zero-order chi connectivity index (χ0) is 15.4. The van der Waals surface area contributed by atoms with E-state index in [0.29, 0.717) is 0 Å². The molecule has 21 heavy (non-hydrogen) atoms. The van der Waals surface area contributed by atoms with E-state index in [1.54, 1.807) is 6.07 Å². The molecule has 0 atom stereocenters. The van der Waals surface area contributed by atoms with Gasteiger partial charge in [-0.2, -0.15) is 5.26 Å². The molecule has 0 saturated carbocycles. The fraction of sp³-hybridized carbons (Fsp3) is 0.0714. The van der Waals surface area contributed by atoms with E-state index in [1.165, 1.54) is 37.4 Å². The summed E-state index contributed by atoms with van der Waals surface area (Å²) in [4.78, 5) is 10.1. The predicted molar refractivity (Wildman–Crippen MR) is 70.8 cm³/mol. The van der Waals surface area contributed by atoms with Crippen molar-refractivity contribution in [3.8, 4) is 23.3 Å². The highest BCUT2D eigenvalue weighted by molar-refractivity contribution is 5.50. The molecule has 2 aromatic rings. The van der Waals surface area contributed by atoms with E-state index in [0.717, 1.165) is 6.07 Å². The summed E-state index contributed by atoms with van der Waals surface area (Å²) in [7, 11) is 1.32. The van der Waals surface area contributed by atoms with Crippen LogP contribution in [0.1, 0.15) is 5.56 Å². The Morgan fingerprint density at radius 1 is 1.19 bits per heavy atom. The first-order valence-corrected chi connectivity index (χ1v) is 5.75. The minimum Gasteiger partial charge on any atom is -0.493 e. The number of rotatable bonds is 4. The summed E-state index contributed by atoms with van der Waals surface area (Å²) in [6, 6.07) is 9.25. The normalized spacial score (nSPS) is 9.76. The maximum Gasteiger partial charge on any atom is 0.273 e. The molecule has 0 amide bonds. The smallest absolute Gasteiger partial charge is 0.273 e. The van der Waals surface area contributed by atoms with Gasteiger partial charge in [0.1, 0.15) is 0 Å². The van der Waals surface area contributed by atoms with Crippen molar-refractivity contribution in [2.24, 2.45) is 0 Å². The predicted octanol–water partition coefficient (Wildman–Crippen LogP) is 3.41. The molecule has 6 nitrogen and oxygen atoms in total. The number of halogens is 1. The van der Waals surface area contributed by atoms with Crippen molar-refractivity contribution in [1.29, 1.82) is 5.26 Å². The largest absolute Gasteiger partial charge is 0.493 e. The van der Waals surface area contributed by atoms with Crippen LogP contribution >= 0.6 is 0 Å². The van der Waals surface area contributed by atoms with Crippen LogP contribution in [0.3, 0.4) is 0 Å². The number of ether oxygens (including phenoxy) is 2. The molecule has 0 bridgehead atoms. The Balaban J connectivity index is 2.35. The fourth-order valence-electron chi connectivity index (χ4n) is 1.63. The molecule has 106 valence electrons. The summed E-state index contributed by atoms with van der Waals surface area (Å²) in [5.74, 6) is -0.588. The number of methoxy groups -OCH3 is 1. The molecule has 0 unspecified atom stereocenters. The van der Waals surface area contributed by atoms with Crippen LogP contribution in [-0.4, -0.2) is 12.0 Å². The van der Waals surface area contributed by atoms with E-state index >= 15 is 0 Å². The molecule has 0 aromatic heterocycles. The van der Waals surface area contributed by atoms with Gasteiger partial charge >= 0.3 is 0 Å². The van der Waals surface area contributed by atoms with Gasteiger partial charge in [0, 0.05) is 6.07 Å². The standard InChI is InChI=1S/C14H9FN2O4/c1-20-14-7-10(17(18)19)3-5-13(14)21-12-4-2-9(8-16)6-11(12)15/h2-7H,1H3. The van der Waals surface area contributed by atoms with Gasteiger partial charge in [-0.25, -0.2) is 4.39 Å². The molecule has 0 aliphatic carbocycles. The van der Waals surface area contributed by atoms with Gasteiger partial charge in [0.05, 0.1) is 29.7 Å². The first-order valence-electron chi connectivity index (χ1n) is 5.75. The molecular weight excluding hydrogens is 279 g/mol. The van der Waals surface area contributed by atoms with Crippen molar-refractivity contribution in [3.05, 3.63) is 57.9 Å². The molecule has 2 aromatic carbocycles. The lowest BCUT2D eigenvalue weighted by atomic mass is 10.2. The Kier molecular flexibility index (Phi) is 4.00. The van der Waals surface area contributed by atoms with Gasteiger partial charge in [0.25, 0.3) is 5.69 Å². The molecule has 7 heteroatoms. The highest BCUT2D eigenvalue weighted by Crippen LogP contribution is 2.35. The molecular formula is C14H9FN2O4. The van der Waals surface area contributed by atoms with Gasteiger partial charge in [-0.15, -0.1) is 0 Å². The summed E-state index contributed by atoms with van der Waals surface area (Å²) in [6.45, 7) is 0. The number of nitriles is 1. The number of non-ortho nitro benzene ring substituents is 1. The van der Waals surface area contributed by atoms with E-state index in [2.05, 4.69) is 0 Å². The number of hydrogen-bond acceptors (Lipinski definition) is 5. The fourth-order valence-corrected chi connectivity index (χ4v) is 1.63. The van der Waals surface area contributed by atoms with Crippen molar-refractivity contribution < 1.29 is 18.8 Å². The van der Waals surface area contributed by atoms with E-state index in [-0.39, 0.29) is 28.5 Å². The Labute approximate surface area is 119 Å². The van der Waals surface area contributed by atoms with Crippen LogP contribution in [0.25, 0.3) is 0 Å². The zero-order valence-corrected chi connectivity index (χ0v) is 10.9. The Bertz CT molecular complexity index is 740. The van der Waals surface area contributed by atoms with Crippen molar-refractivity contribution in [1.82, 2.24) is 0 Å². The van der Waals surface area contributed by atoms with E-state index in [9.17, 15) is 14.5 Å². The lowest BCUT2D eigenvalue weighted by molar-refractivity contribution is -0.384. The topological polar surface area (TPSA) is 85.4 Å². The quantitative estimate of drug-likeness (QED) is 0.635. The van der Waals surface area contributed by atoms with Crippen LogP contribution in [0.5, 0.6) is 17.2 Å². The zero-order valence-electron chi connectivity index (χ0n) is 10.9. The molecule has 0 radical (unpaired) electrons. The minimum atomic E-state index is -0.713. The average Bonchev–Trinajstić information content (AvgIpc) is 2.49. The molecule has 0 heterocycles. The highest BCUT2D eigenvalue weighted by atomic mass is 19.1. The maximum atomic E-state index is 13.7. The first-order chi connectivity index (χ1) is 10.0. The average molecular weight is 288 g/mol. The first kappa shape index (κ1) is 14.3. The number of nitro groups is 1. The minimum absolute atomic E-state index is 0.105. The van der Waals surface area contributed by atoms with Gasteiger partial charge < -0.3 is 9.47 Å². The summed E-state index contributed by atoms with van der Waals surface area (Å²) >= 11 is 0. The third-order valence-corrected chi connectivity index (χ3v) is 2.64. The lowest BCUT2D eigenvalue weighted by Gasteiger charge is -2.10. The SMILES string of the molecule is COc1cc([N+](=O)[O-])ccc1Oc1ccc(C#N)cc1F. The molecule has 0 aliphatic heterocycles. The summed E-state index contributed by atoms with van der Waals surface area (Å²) in [5, 5.41) is 19.3. The second-order valence-corrected chi connectivity index (χ2v) is 3.95. The molecule has 2 rings (SSSR count). The Hall–Kier alpha value is -3.14.